The number of imide groups is 1. The summed E-state index contributed by atoms with van der Waals surface area (Å²) < 4.78 is 5.46. The van der Waals surface area contributed by atoms with Gasteiger partial charge in [0.2, 0.25) is 5.91 Å². The first kappa shape index (κ1) is 22.5. The second-order valence-corrected chi connectivity index (χ2v) is 8.91. The topological polar surface area (TPSA) is 83.9 Å². The molecule has 6 nitrogen and oxygen atoms in total. The maximum Gasteiger partial charge on any atom is 0.417 e. The predicted octanol–water partition coefficient (Wildman–Crippen LogP) is 4.53. The molecule has 0 saturated carbocycles. The van der Waals surface area contributed by atoms with E-state index in [0.29, 0.717) is 18.4 Å². The highest BCUT2D eigenvalue weighted by Gasteiger charge is 2.34. The van der Waals surface area contributed by atoms with Crippen molar-refractivity contribution < 1.29 is 24.2 Å². The third-order valence-electron chi connectivity index (χ3n) is 5.30. The molecule has 1 aliphatic carbocycles. The molecule has 3 rings (SSSR count). The first-order valence-corrected chi connectivity index (χ1v) is 10.6. The third kappa shape index (κ3) is 5.94. The highest BCUT2D eigenvalue weighted by atomic mass is 16.6. The molecule has 1 aliphatic rings. The van der Waals surface area contributed by atoms with Gasteiger partial charge in [-0.2, -0.15) is 0 Å². The first-order valence-electron chi connectivity index (χ1n) is 10.6. The highest BCUT2D eigenvalue weighted by Crippen LogP contribution is 2.27. The van der Waals surface area contributed by atoms with E-state index in [0.717, 1.165) is 22.4 Å². The van der Waals surface area contributed by atoms with E-state index in [4.69, 9.17) is 4.74 Å². The highest BCUT2D eigenvalue weighted by molar-refractivity contribution is 6.01. The fourth-order valence-electron chi connectivity index (χ4n) is 3.70. The molecule has 1 unspecified atom stereocenters. The lowest BCUT2D eigenvalue weighted by atomic mass is 9.82. The van der Waals surface area contributed by atoms with E-state index < -0.39 is 17.6 Å². The molecule has 1 atom stereocenters. The van der Waals surface area contributed by atoms with Crippen LogP contribution in [0.2, 0.25) is 0 Å². The SMILES string of the molecule is CC(C)(C)OC(=O)N(CC1CCc2ccccc2C1=O)C(=O)CCc1ccc(O)cc1. The number of aryl methyl sites for hydroxylation is 2. The van der Waals surface area contributed by atoms with Gasteiger partial charge in [-0.25, -0.2) is 9.69 Å². The Bertz CT molecular complexity index is 959. The number of aromatic hydroxyl groups is 1. The van der Waals surface area contributed by atoms with Gasteiger partial charge in [-0.1, -0.05) is 36.4 Å². The molecular formula is C25H29NO5. The summed E-state index contributed by atoms with van der Waals surface area (Å²) in [5, 5.41) is 9.41. The number of nitrogens with zero attached hydrogens (tertiary/aromatic N) is 1. The van der Waals surface area contributed by atoms with E-state index in [-0.39, 0.29) is 30.4 Å². The fourth-order valence-corrected chi connectivity index (χ4v) is 3.70. The summed E-state index contributed by atoms with van der Waals surface area (Å²) in [5.41, 5.74) is 1.79. The molecule has 31 heavy (non-hydrogen) atoms. The van der Waals surface area contributed by atoms with Crippen LogP contribution in [-0.2, 0) is 22.4 Å². The second kappa shape index (κ2) is 9.33. The molecule has 164 valence electrons. The Hall–Kier alpha value is -3.15. The summed E-state index contributed by atoms with van der Waals surface area (Å²) in [5.74, 6) is -0.711. The van der Waals surface area contributed by atoms with Gasteiger partial charge in [0.05, 0.1) is 0 Å². The van der Waals surface area contributed by atoms with Crippen molar-refractivity contribution in [1.29, 1.82) is 0 Å². The van der Waals surface area contributed by atoms with Gasteiger partial charge in [-0.3, -0.25) is 9.59 Å². The summed E-state index contributed by atoms with van der Waals surface area (Å²) in [6.45, 7) is 5.24. The van der Waals surface area contributed by atoms with Gasteiger partial charge in [-0.05, 0) is 63.3 Å². The van der Waals surface area contributed by atoms with Gasteiger partial charge in [-0.15, -0.1) is 0 Å². The van der Waals surface area contributed by atoms with Gasteiger partial charge in [0.25, 0.3) is 0 Å². The maximum absolute atomic E-state index is 13.0. The summed E-state index contributed by atoms with van der Waals surface area (Å²) in [7, 11) is 0. The number of rotatable bonds is 5. The van der Waals surface area contributed by atoms with Crippen molar-refractivity contribution in [3.05, 3.63) is 65.2 Å². The lowest BCUT2D eigenvalue weighted by Gasteiger charge is -2.30. The number of phenolic OH excluding ortho intramolecular Hbond substituents is 1. The molecular weight excluding hydrogens is 394 g/mol. The van der Waals surface area contributed by atoms with E-state index in [9.17, 15) is 19.5 Å². The number of carbonyl (C=O) groups is 3. The third-order valence-corrected chi connectivity index (χ3v) is 5.30. The van der Waals surface area contributed by atoms with Crippen LogP contribution in [0, 0.1) is 5.92 Å². The fraction of sp³-hybridized carbons (Fsp3) is 0.400. The van der Waals surface area contributed by atoms with Crippen LogP contribution >= 0.6 is 0 Å². The molecule has 0 aliphatic heterocycles. The van der Waals surface area contributed by atoms with E-state index in [1.165, 1.54) is 0 Å². The lowest BCUT2D eigenvalue weighted by Crippen LogP contribution is -2.45. The molecule has 2 aromatic rings. The average Bonchev–Trinajstić information content (AvgIpc) is 2.71. The Morgan fingerprint density at radius 3 is 2.45 bits per heavy atom. The quantitative estimate of drug-likeness (QED) is 0.764. The molecule has 0 fully saturated rings. The normalized spacial score (nSPS) is 15.8. The second-order valence-electron chi connectivity index (χ2n) is 8.91. The van der Waals surface area contributed by atoms with Crippen molar-refractivity contribution in [2.75, 3.05) is 6.54 Å². The summed E-state index contributed by atoms with van der Waals surface area (Å²) in [6.07, 6.45) is 1.10. The number of ketones is 1. The molecule has 2 aromatic carbocycles. The molecule has 0 bridgehead atoms. The number of carbonyl (C=O) groups excluding carboxylic acids is 3. The Morgan fingerprint density at radius 1 is 1.10 bits per heavy atom. The minimum atomic E-state index is -0.754. The zero-order chi connectivity index (χ0) is 22.6. The molecule has 2 amide bonds. The van der Waals surface area contributed by atoms with E-state index in [1.807, 2.05) is 18.2 Å². The monoisotopic (exact) mass is 423 g/mol. The molecule has 0 spiro atoms. The average molecular weight is 424 g/mol. The van der Waals surface area contributed by atoms with Crippen LogP contribution in [0.5, 0.6) is 5.75 Å². The molecule has 1 N–H and O–H groups in total. The number of phenols is 1. The molecule has 6 heteroatoms. The lowest BCUT2D eigenvalue weighted by molar-refractivity contribution is -0.130. The Morgan fingerprint density at radius 2 is 1.77 bits per heavy atom. The summed E-state index contributed by atoms with van der Waals surface area (Å²) in [6, 6.07) is 14.1. The summed E-state index contributed by atoms with van der Waals surface area (Å²) >= 11 is 0. The van der Waals surface area contributed by atoms with Gasteiger partial charge in [0, 0.05) is 24.4 Å². The minimum Gasteiger partial charge on any atom is -0.508 e. The van der Waals surface area contributed by atoms with Gasteiger partial charge < -0.3 is 9.84 Å². The standard InChI is InChI=1S/C25H29NO5/c1-25(2,3)31-24(30)26(22(28)15-10-17-8-13-20(27)14-9-17)16-19-12-11-18-6-4-5-7-21(18)23(19)29/h4-9,13-14,19,27H,10-12,15-16H2,1-3H3. The maximum atomic E-state index is 13.0. The Kier molecular flexibility index (Phi) is 6.78. The smallest absolute Gasteiger partial charge is 0.417 e. The van der Waals surface area contributed by atoms with Crippen LogP contribution < -0.4 is 0 Å². The molecule has 0 aromatic heterocycles. The zero-order valence-electron chi connectivity index (χ0n) is 18.3. The first-order chi connectivity index (χ1) is 14.6. The van der Waals surface area contributed by atoms with E-state index in [1.54, 1.807) is 51.1 Å². The van der Waals surface area contributed by atoms with Crippen molar-refractivity contribution in [3.63, 3.8) is 0 Å². The van der Waals surface area contributed by atoms with Crippen LogP contribution in [0.4, 0.5) is 4.79 Å². The van der Waals surface area contributed by atoms with Crippen molar-refractivity contribution in [1.82, 2.24) is 4.90 Å². The molecule has 0 radical (unpaired) electrons. The number of fused-ring (bicyclic) bond motifs is 1. The number of ether oxygens (including phenoxy) is 1. The van der Waals surface area contributed by atoms with Crippen LogP contribution in [0.15, 0.2) is 48.5 Å². The van der Waals surface area contributed by atoms with Crippen molar-refractivity contribution >= 4 is 17.8 Å². The van der Waals surface area contributed by atoms with Gasteiger partial charge >= 0.3 is 6.09 Å². The van der Waals surface area contributed by atoms with Crippen molar-refractivity contribution in [2.24, 2.45) is 5.92 Å². The summed E-state index contributed by atoms with van der Waals surface area (Å²) in [4.78, 5) is 39.9. The van der Waals surface area contributed by atoms with Crippen LogP contribution in [0.25, 0.3) is 0 Å². The van der Waals surface area contributed by atoms with Crippen molar-refractivity contribution in [2.45, 2.75) is 52.1 Å². The Balaban J connectivity index is 1.74. The van der Waals surface area contributed by atoms with Crippen LogP contribution in [0.1, 0.15) is 55.1 Å². The van der Waals surface area contributed by atoms with E-state index >= 15 is 0 Å². The van der Waals surface area contributed by atoms with Gasteiger partial charge in [0.15, 0.2) is 5.78 Å². The van der Waals surface area contributed by atoms with E-state index in [2.05, 4.69) is 0 Å². The van der Waals surface area contributed by atoms with Crippen LogP contribution in [-0.4, -0.2) is 39.9 Å². The van der Waals surface area contributed by atoms with Crippen LogP contribution in [0.3, 0.4) is 0 Å². The minimum absolute atomic E-state index is 0.0104. The number of Topliss-reactive ketones (excluding diaryl/α,β-unsaturated/α-hetero) is 1. The van der Waals surface area contributed by atoms with Gasteiger partial charge in [0.1, 0.15) is 11.4 Å². The predicted molar refractivity (Wildman–Crippen MR) is 117 cm³/mol. The zero-order valence-corrected chi connectivity index (χ0v) is 18.3. The number of hydrogen-bond donors (Lipinski definition) is 1. The number of hydrogen-bond acceptors (Lipinski definition) is 5. The molecule has 0 saturated heterocycles. The Labute approximate surface area is 182 Å². The number of amides is 2. The largest absolute Gasteiger partial charge is 0.508 e. The molecule has 0 heterocycles. The van der Waals surface area contributed by atoms with Crippen molar-refractivity contribution in [3.8, 4) is 5.75 Å². The number of benzene rings is 2.